The van der Waals surface area contributed by atoms with Crippen LogP contribution >= 0.6 is 0 Å². The van der Waals surface area contributed by atoms with Crippen LogP contribution in [0.5, 0.6) is 0 Å². The predicted molar refractivity (Wildman–Crippen MR) is 33.4 cm³/mol. The minimum Gasteiger partial charge on any atom is -0.465 e. The molecule has 0 aliphatic heterocycles. The maximum atomic E-state index is 10.7. The quantitative estimate of drug-likeness (QED) is 0.514. The van der Waals surface area contributed by atoms with Crippen molar-refractivity contribution in [2.75, 3.05) is 7.11 Å². The highest BCUT2D eigenvalue weighted by molar-refractivity contribution is 5.88. The molecule has 53 valence electrons. The summed E-state index contributed by atoms with van der Waals surface area (Å²) in [6.45, 7) is 0. The second-order valence-electron chi connectivity index (χ2n) is 1.82. The Morgan fingerprint density at radius 3 is 3.00 bits per heavy atom. The van der Waals surface area contributed by atoms with Crippen molar-refractivity contribution in [2.45, 2.75) is 0 Å². The van der Waals surface area contributed by atoms with Crippen LogP contribution in [0, 0.1) is 6.20 Å². The molecule has 4 nitrogen and oxygen atoms in total. The van der Waals surface area contributed by atoms with Crippen LogP contribution in [-0.4, -0.2) is 22.9 Å². The zero-order valence-electron chi connectivity index (χ0n) is 5.79. The summed E-state index contributed by atoms with van der Waals surface area (Å²) in [5.41, 5.74) is 0.352. The molecule has 0 atom stereocenters. The molecular weight excluding hydrogens is 132 g/mol. The van der Waals surface area contributed by atoms with Gasteiger partial charge in [0.2, 0.25) is 0 Å². The van der Waals surface area contributed by atoms with Crippen LogP contribution in [0.15, 0.2) is 6.20 Å². The summed E-state index contributed by atoms with van der Waals surface area (Å²) >= 11 is 0. The highest BCUT2D eigenvalue weighted by atomic mass is 16.5. The average Bonchev–Trinajstić information content (AvgIpc) is 2.34. The van der Waals surface area contributed by atoms with E-state index in [2.05, 4.69) is 16.0 Å². The fraction of sp³-hybridized carbons (Fsp3) is 0.333. The molecule has 1 radical (unpaired) electrons. The van der Waals surface area contributed by atoms with Crippen LogP contribution in [0.25, 0.3) is 0 Å². The Kier molecular flexibility index (Phi) is 1.71. The van der Waals surface area contributed by atoms with Gasteiger partial charge >= 0.3 is 5.97 Å². The maximum Gasteiger partial charge on any atom is 0.341 e. The summed E-state index contributed by atoms with van der Waals surface area (Å²) in [5.74, 6) is -0.409. The molecule has 0 bridgehead atoms. The van der Waals surface area contributed by atoms with Gasteiger partial charge in [-0.1, -0.05) is 0 Å². The SMILES string of the molecule is COC(=O)c1[c]nn(C)c1. The van der Waals surface area contributed by atoms with Crippen molar-refractivity contribution in [2.24, 2.45) is 7.05 Å². The fourth-order valence-corrected chi connectivity index (χ4v) is 0.586. The lowest BCUT2D eigenvalue weighted by Crippen LogP contribution is -1.98. The van der Waals surface area contributed by atoms with Crippen molar-refractivity contribution in [1.82, 2.24) is 9.78 Å². The number of methoxy groups -OCH3 is 1. The van der Waals surface area contributed by atoms with Gasteiger partial charge in [0, 0.05) is 13.2 Å². The van der Waals surface area contributed by atoms with Crippen LogP contribution < -0.4 is 0 Å². The minimum absolute atomic E-state index is 0.352. The second kappa shape index (κ2) is 2.51. The Hall–Kier alpha value is -1.32. The molecule has 1 heterocycles. The first-order chi connectivity index (χ1) is 4.74. The number of aromatic nitrogens is 2. The van der Waals surface area contributed by atoms with E-state index in [-0.39, 0.29) is 0 Å². The lowest BCUT2D eigenvalue weighted by Gasteiger charge is -1.90. The lowest BCUT2D eigenvalue weighted by molar-refractivity contribution is 0.0600. The molecule has 0 saturated carbocycles. The molecule has 0 aliphatic carbocycles. The van der Waals surface area contributed by atoms with Gasteiger partial charge < -0.3 is 4.74 Å². The van der Waals surface area contributed by atoms with Crippen molar-refractivity contribution in [3.8, 4) is 0 Å². The van der Waals surface area contributed by atoms with Crippen LogP contribution in [0.4, 0.5) is 0 Å². The smallest absolute Gasteiger partial charge is 0.341 e. The zero-order chi connectivity index (χ0) is 7.56. The van der Waals surface area contributed by atoms with Crippen molar-refractivity contribution in [3.63, 3.8) is 0 Å². The fourth-order valence-electron chi connectivity index (χ4n) is 0.586. The molecule has 0 fully saturated rings. The largest absolute Gasteiger partial charge is 0.465 e. The Morgan fingerprint density at radius 2 is 2.60 bits per heavy atom. The van der Waals surface area contributed by atoms with Gasteiger partial charge in [0.05, 0.1) is 7.11 Å². The number of carbonyl (C=O) groups excluding carboxylic acids is 1. The number of nitrogens with zero attached hydrogens (tertiary/aromatic N) is 2. The predicted octanol–water partition coefficient (Wildman–Crippen LogP) is 0.00689. The third-order valence-corrected chi connectivity index (χ3v) is 1.05. The van der Waals surface area contributed by atoms with Crippen molar-refractivity contribution < 1.29 is 9.53 Å². The van der Waals surface area contributed by atoms with Gasteiger partial charge in [-0.2, -0.15) is 5.10 Å². The summed E-state index contributed by atoms with van der Waals surface area (Å²) < 4.78 is 5.92. The number of aryl methyl sites for hydroxylation is 1. The van der Waals surface area contributed by atoms with Gasteiger partial charge in [-0.3, -0.25) is 4.68 Å². The van der Waals surface area contributed by atoms with Crippen molar-refractivity contribution in [3.05, 3.63) is 18.0 Å². The van der Waals surface area contributed by atoms with E-state index < -0.39 is 5.97 Å². The topological polar surface area (TPSA) is 44.1 Å². The number of rotatable bonds is 1. The van der Waals surface area contributed by atoms with Crippen LogP contribution in [-0.2, 0) is 11.8 Å². The van der Waals surface area contributed by atoms with Gasteiger partial charge in [-0.25, -0.2) is 4.79 Å². The summed E-state index contributed by atoms with van der Waals surface area (Å²) in [4.78, 5) is 10.7. The third-order valence-electron chi connectivity index (χ3n) is 1.05. The molecule has 4 heteroatoms. The Bertz CT molecular complexity index is 242. The van der Waals surface area contributed by atoms with Gasteiger partial charge in [0.1, 0.15) is 11.8 Å². The summed E-state index contributed by atoms with van der Waals surface area (Å²) in [6.07, 6.45) is 4.04. The first kappa shape index (κ1) is 6.80. The monoisotopic (exact) mass is 139 g/mol. The van der Waals surface area contributed by atoms with E-state index >= 15 is 0 Å². The Morgan fingerprint density at radius 1 is 1.90 bits per heavy atom. The molecule has 0 spiro atoms. The van der Waals surface area contributed by atoms with E-state index in [0.29, 0.717) is 5.56 Å². The molecule has 0 N–H and O–H groups in total. The minimum atomic E-state index is -0.409. The van der Waals surface area contributed by atoms with Crippen LogP contribution in [0.2, 0.25) is 0 Å². The number of hydrogen-bond donors (Lipinski definition) is 0. The molecule has 1 aromatic heterocycles. The number of ether oxygens (including phenoxy) is 1. The third kappa shape index (κ3) is 1.15. The maximum absolute atomic E-state index is 10.7. The lowest BCUT2D eigenvalue weighted by atomic mass is 10.4. The van der Waals surface area contributed by atoms with E-state index in [4.69, 9.17) is 0 Å². The van der Waals surface area contributed by atoms with Gasteiger partial charge in [-0.05, 0) is 0 Å². The van der Waals surface area contributed by atoms with Crippen molar-refractivity contribution >= 4 is 5.97 Å². The molecule has 0 saturated heterocycles. The Labute approximate surface area is 58.4 Å². The highest BCUT2D eigenvalue weighted by Gasteiger charge is 2.06. The number of hydrogen-bond acceptors (Lipinski definition) is 3. The van der Waals surface area contributed by atoms with E-state index in [1.165, 1.54) is 11.8 Å². The van der Waals surface area contributed by atoms with E-state index in [9.17, 15) is 4.79 Å². The standard InChI is InChI=1S/C6H7N2O2/c1-8-4-5(3-7-8)6(9)10-2/h4H,1-2H3. The normalized spacial score (nSPS) is 9.40. The van der Waals surface area contributed by atoms with Gasteiger partial charge in [0.25, 0.3) is 0 Å². The molecule has 0 amide bonds. The van der Waals surface area contributed by atoms with Crippen LogP contribution in [0.3, 0.4) is 0 Å². The van der Waals surface area contributed by atoms with Gasteiger partial charge in [-0.15, -0.1) is 0 Å². The number of carbonyl (C=O) groups is 1. The first-order valence-corrected chi connectivity index (χ1v) is 2.73. The van der Waals surface area contributed by atoms with E-state index in [1.54, 1.807) is 13.2 Å². The molecule has 0 aliphatic rings. The second-order valence-corrected chi connectivity index (χ2v) is 1.82. The first-order valence-electron chi connectivity index (χ1n) is 2.73. The Balaban J connectivity index is 2.85. The number of esters is 1. The summed E-state index contributed by atoms with van der Waals surface area (Å²) in [7, 11) is 3.03. The highest BCUT2D eigenvalue weighted by Crippen LogP contribution is 1.95. The van der Waals surface area contributed by atoms with Crippen molar-refractivity contribution in [1.29, 1.82) is 0 Å². The molecular formula is C6H7N2O2. The summed E-state index contributed by atoms with van der Waals surface area (Å²) in [5, 5.41) is 3.68. The summed E-state index contributed by atoms with van der Waals surface area (Å²) in [6, 6.07) is 0. The average molecular weight is 139 g/mol. The molecule has 0 aromatic carbocycles. The van der Waals surface area contributed by atoms with Gasteiger partial charge in [0.15, 0.2) is 0 Å². The molecule has 0 unspecified atom stereocenters. The molecule has 1 aromatic rings. The van der Waals surface area contributed by atoms with E-state index in [0.717, 1.165) is 0 Å². The van der Waals surface area contributed by atoms with Crippen LogP contribution in [0.1, 0.15) is 10.4 Å². The van der Waals surface area contributed by atoms with E-state index in [1.807, 2.05) is 0 Å². The molecule has 10 heavy (non-hydrogen) atoms. The molecule has 1 rings (SSSR count). The zero-order valence-corrected chi connectivity index (χ0v) is 5.79.